The monoisotopic (exact) mass is 500 g/mol. The molecule has 1 heterocycles. The van der Waals surface area contributed by atoms with Crippen LogP contribution >= 0.6 is 0 Å². The first-order valence-electron chi connectivity index (χ1n) is 10.7. The van der Waals surface area contributed by atoms with Crippen molar-refractivity contribution in [3.05, 3.63) is 68.0 Å². The molecular formula is C24H28N4O6S. The standard InChI is InChI=1S/C24H28N4O6S/c1-6-27(13-12-26-35(5,33)34)19-11-10-18(16(2)14-19)8-7-9-20-17(3)22(25-4)24(32)28(23(20)31)15-21(29)30/h8-11,14,26,32H,6,12-13,15H2,1-3,5H3,(H,29,30). The van der Waals surface area contributed by atoms with Crippen molar-refractivity contribution in [2.24, 2.45) is 0 Å². The topological polar surface area (TPSA) is 133 Å². The quantitative estimate of drug-likeness (QED) is 0.337. The van der Waals surface area contributed by atoms with E-state index in [-0.39, 0.29) is 23.4 Å². The number of carboxylic acid groups (broad SMARTS) is 1. The SMILES string of the molecule is [C-]#[N+]c1c(C)c(C=C=Cc2ccc(N(CC)CCNS(C)(=O)=O)cc2C)c(=O)n(CC(=O)O)c1O. The van der Waals surface area contributed by atoms with Crippen LogP contribution in [0.15, 0.2) is 28.7 Å². The van der Waals surface area contributed by atoms with Crippen LogP contribution in [0.2, 0.25) is 0 Å². The van der Waals surface area contributed by atoms with Crippen LogP contribution in [0.25, 0.3) is 17.0 Å². The number of pyridine rings is 1. The van der Waals surface area contributed by atoms with Crippen molar-refractivity contribution in [2.45, 2.75) is 27.3 Å². The van der Waals surface area contributed by atoms with Crippen LogP contribution in [0.5, 0.6) is 5.88 Å². The van der Waals surface area contributed by atoms with Crippen molar-refractivity contribution in [3.8, 4) is 5.88 Å². The Morgan fingerprint density at radius 2 is 2.00 bits per heavy atom. The molecule has 1 aromatic carbocycles. The summed E-state index contributed by atoms with van der Waals surface area (Å²) in [6.07, 6.45) is 4.14. The van der Waals surface area contributed by atoms with Crippen molar-refractivity contribution in [1.82, 2.24) is 9.29 Å². The van der Waals surface area contributed by atoms with E-state index < -0.39 is 34.0 Å². The number of carbonyl (C=O) groups is 1. The van der Waals surface area contributed by atoms with Gasteiger partial charge in [0.1, 0.15) is 6.54 Å². The highest BCUT2D eigenvalue weighted by atomic mass is 32.2. The first-order valence-corrected chi connectivity index (χ1v) is 12.6. The molecule has 10 nitrogen and oxygen atoms in total. The van der Waals surface area contributed by atoms with E-state index in [4.69, 9.17) is 11.7 Å². The number of nitrogens with zero attached hydrogens (tertiary/aromatic N) is 3. The van der Waals surface area contributed by atoms with Crippen molar-refractivity contribution < 1.29 is 23.4 Å². The van der Waals surface area contributed by atoms with Gasteiger partial charge < -0.3 is 15.1 Å². The fourth-order valence-electron chi connectivity index (χ4n) is 3.48. The average molecular weight is 501 g/mol. The van der Waals surface area contributed by atoms with E-state index in [0.29, 0.717) is 17.7 Å². The molecule has 0 unspecified atom stereocenters. The second-order valence-corrected chi connectivity index (χ2v) is 9.68. The van der Waals surface area contributed by atoms with Gasteiger partial charge in [-0.2, -0.15) is 0 Å². The van der Waals surface area contributed by atoms with Gasteiger partial charge in [0, 0.05) is 30.9 Å². The zero-order valence-electron chi connectivity index (χ0n) is 20.0. The zero-order valence-corrected chi connectivity index (χ0v) is 20.8. The highest BCUT2D eigenvalue weighted by molar-refractivity contribution is 7.88. The lowest BCUT2D eigenvalue weighted by Gasteiger charge is -2.24. The molecule has 0 fully saturated rings. The summed E-state index contributed by atoms with van der Waals surface area (Å²) in [5, 5.41) is 19.2. The molecule has 1 aromatic heterocycles. The first kappa shape index (κ1) is 27.4. The zero-order chi connectivity index (χ0) is 26.3. The molecule has 0 aliphatic heterocycles. The van der Waals surface area contributed by atoms with Crippen LogP contribution in [-0.4, -0.2) is 55.1 Å². The number of aliphatic carboxylic acids is 1. The molecule has 2 rings (SSSR count). The molecule has 35 heavy (non-hydrogen) atoms. The molecule has 0 spiro atoms. The summed E-state index contributed by atoms with van der Waals surface area (Å²) >= 11 is 0. The Morgan fingerprint density at radius 3 is 2.54 bits per heavy atom. The van der Waals surface area contributed by atoms with Gasteiger partial charge in [-0.3, -0.25) is 14.2 Å². The summed E-state index contributed by atoms with van der Waals surface area (Å²) in [5.74, 6) is -2.00. The molecule has 0 atom stereocenters. The number of aromatic hydroxyl groups is 1. The Morgan fingerprint density at radius 1 is 1.31 bits per heavy atom. The van der Waals surface area contributed by atoms with E-state index in [1.807, 2.05) is 36.9 Å². The lowest BCUT2D eigenvalue weighted by Crippen LogP contribution is -2.34. The second kappa shape index (κ2) is 11.5. The van der Waals surface area contributed by atoms with Crippen LogP contribution in [-0.2, 0) is 21.4 Å². The smallest absolute Gasteiger partial charge is 0.323 e. The van der Waals surface area contributed by atoms with Crippen molar-refractivity contribution >= 4 is 39.5 Å². The van der Waals surface area contributed by atoms with Gasteiger partial charge >= 0.3 is 5.97 Å². The minimum Gasteiger partial charge on any atom is -0.503 e. The summed E-state index contributed by atoms with van der Waals surface area (Å²) < 4.78 is 25.7. The Hall–Kier alpha value is -3.84. The van der Waals surface area contributed by atoms with Crippen LogP contribution in [0, 0.1) is 20.4 Å². The van der Waals surface area contributed by atoms with E-state index in [2.05, 4.69) is 15.3 Å². The highest BCUT2D eigenvalue weighted by Crippen LogP contribution is 2.31. The second-order valence-electron chi connectivity index (χ2n) is 7.85. The number of hydrogen-bond acceptors (Lipinski definition) is 6. The Balaban J connectivity index is 2.37. The van der Waals surface area contributed by atoms with Gasteiger partial charge in [0.05, 0.1) is 12.8 Å². The summed E-state index contributed by atoms with van der Waals surface area (Å²) in [6.45, 7) is 13.4. The van der Waals surface area contributed by atoms with Gasteiger partial charge in [-0.15, -0.1) is 5.73 Å². The number of benzene rings is 1. The third-order valence-corrected chi connectivity index (χ3v) is 6.05. The summed E-state index contributed by atoms with van der Waals surface area (Å²) in [4.78, 5) is 29.1. The van der Waals surface area contributed by atoms with Crippen molar-refractivity contribution in [2.75, 3.05) is 30.8 Å². The summed E-state index contributed by atoms with van der Waals surface area (Å²) in [7, 11) is -3.26. The summed E-state index contributed by atoms with van der Waals surface area (Å²) in [6, 6.07) is 5.72. The van der Waals surface area contributed by atoms with Crippen LogP contribution in [0.3, 0.4) is 0 Å². The van der Waals surface area contributed by atoms with Gasteiger partial charge in [-0.25, -0.2) is 18.0 Å². The lowest BCUT2D eigenvalue weighted by atomic mass is 10.1. The van der Waals surface area contributed by atoms with E-state index in [1.54, 1.807) is 6.08 Å². The molecule has 0 aliphatic rings. The van der Waals surface area contributed by atoms with Crippen molar-refractivity contribution in [3.63, 3.8) is 0 Å². The Kier molecular flexibility index (Phi) is 9.03. The number of aryl methyl sites for hydroxylation is 1. The largest absolute Gasteiger partial charge is 0.503 e. The van der Waals surface area contributed by atoms with Gasteiger partial charge in [-0.05, 0) is 61.7 Å². The predicted octanol–water partition coefficient (Wildman–Crippen LogP) is 2.51. The number of aromatic nitrogens is 1. The van der Waals surface area contributed by atoms with E-state index in [0.717, 1.165) is 23.1 Å². The maximum absolute atomic E-state index is 12.7. The third kappa shape index (κ3) is 7.07. The maximum atomic E-state index is 12.7. The van der Waals surface area contributed by atoms with Crippen LogP contribution < -0.4 is 15.2 Å². The third-order valence-electron chi connectivity index (χ3n) is 5.32. The molecule has 11 heteroatoms. The molecule has 0 saturated heterocycles. The Bertz CT molecular complexity index is 1400. The molecule has 186 valence electrons. The van der Waals surface area contributed by atoms with Gasteiger partial charge in [0.25, 0.3) is 5.56 Å². The number of rotatable bonds is 10. The number of likely N-dealkylation sites (N-methyl/N-ethyl adjacent to an activating group) is 1. The molecule has 0 bridgehead atoms. The van der Waals surface area contributed by atoms with Gasteiger partial charge in [0.2, 0.25) is 15.7 Å². The molecule has 3 N–H and O–H groups in total. The molecule has 0 aliphatic carbocycles. The average Bonchev–Trinajstić information content (AvgIpc) is 2.77. The van der Waals surface area contributed by atoms with Crippen molar-refractivity contribution in [1.29, 1.82) is 0 Å². The maximum Gasteiger partial charge on any atom is 0.323 e. The minimum atomic E-state index is -3.26. The molecule has 0 saturated carbocycles. The molecule has 0 radical (unpaired) electrons. The molecular weight excluding hydrogens is 472 g/mol. The highest BCUT2D eigenvalue weighted by Gasteiger charge is 2.19. The van der Waals surface area contributed by atoms with Gasteiger partial charge in [0.15, 0.2) is 5.88 Å². The first-order chi connectivity index (χ1) is 16.4. The fraction of sp³-hybridized carbons (Fsp3) is 0.333. The number of carboxylic acids is 1. The molecule has 0 amide bonds. The van der Waals surface area contributed by atoms with Crippen LogP contribution in [0.1, 0.15) is 29.2 Å². The number of nitrogens with one attached hydrogen (secondary N) is 1. The normalized spacial score (nSPS) is 10.8. The fourth-order valence-corrected chi connectivity index (χ4v) is 3.94. The summed E-state index contributed by atoms with van der Waals surface area (Å²) in [5.41, 5.74) is 4.97. The van der Waals surface area contributed by atoms with Gasteiger partial charge in [-0.1, -0.05) is 6.07 Å². The number of hydrogen-bond donors (Lipinski definition) is 3. The van der Waals surface area contributed by atoms with E-state index in [1.165, 1.54) is 13.0 Å². The Labute approximate surface area is 204 Å². The lowest BCUT2D eigenvalue weighted by molar-refractivity contribution is -0.137. The minimum absolute atomic E-state index is 0.0658. The van der Waals surface area contributed by atoms with E-state index in [9.17, 15) is 23.1 Å². The van der Waals surface area contributed by atoms with E-state index >= 15 is 0 Å². The van der Waals surface area contributed by atoms with Crippen LogP contribution in [0.4, 0.5) is 11.4 Å². The number of anilines is 1. The number of sulfonamides is 1. The molecule has 2 aromatic rings. The predicted molar refractivity (Wildman–Crippen MR) is 135 cm³/mol.